The molecule has 0 amide bonds. The van der Waals surface area contributed by atoms with Crippen molar-refractivity contribution in [3.05, 3.63) is 132 Å². The molecule has 4 aromatic carbocycles. The van der Waals surface area contributed by atoms with Crippen molar-refractivity contribution in [2.45, 2.75) is 12.4 Å². The molecule has 0 aliphatic rings. The fourth-order valence-electron chi connectivity index (χ4n) is 5.49. The highest BCUT2D eigenvalue weighted by molar-refractivity contribution is 7.18. The van der Waals surface area contributed by atoms with E-state index in [4.69, 9.17) is 0 Å². The summed E-state index contributed by atoms with van der Waals surface area (Å²) in [5.41, 5.74) is 3.47. The van der Waals surface area contributed by atoms with Gasteiger partial charge in [-0.05, 0) is 71.4 Å². The van der Waals surface area contributed by atoms with Gasteiger partial charge in [0, 0.05) is 22.3 Å². The topological polar surface area (TPSA) is 77.3 Å². The largest absolute Gasteiger partial charge is 0.416 e. The summed E-state index contributed by atoms with van der Waals surface area (Å²) in [7, 11) is 0. The molecule has 0 radical (unpaired) electrons. The molecule has 0 unspecified atom stereocenters. The molecule has 14 heteroatoms. The Balaban J connectivity index is 1.03. The van der Waals surface area contributed by atoms with Gasteiger partial charge in [0.1, 0.15) is 21.4 Å². The van der Waals surface area contributed by atoms with Gasteiger partial charge < -0.3 is 0 Å². The zero-order valence-corrected chi connectivity index (χ0v) is 27.9. The predicted molar refractivity (Wildman–Crippen MR) is 189 cm³/mol. The lowest BCUT2D eigenvalue weighted by Gasteiger charge is -2.07. The van der Waals surface area contributed by atoms with Crippen LogP contribution < -0.4 is 0 Å². The van der Waals surface area contributed by atoms with Crippen molar-refractivity contribution in [3.63, 3.8) is 0 Å². The van der Waals surface area contributed by atoms with Crippen LogP contribution in [0.25, 0.3) is 75.8 Å². The third kappa shape index (κ3) is 6.77. The van der Waals surface area contributed by atoms with Crippen LogP contribution in [0.2, 0.25) is 0 Å². The molecule has 0 atom stereocenters. The lowest BCUT2D eigenvalue weighted by atomic mass is 10.0. The molecular weight excluding hydrogens is 719 g/mol. The fraction of sp³-hybridized carbons (Fsp3) is 0.0526. The second-order valence-electron chi connectivity index (χ2n) is 11.6. The third-order valence-corrected chi connectivity index (χ3v) is 10.1. The Morgan fingerprint density at radius 1 is 0.365 bits per heavy atom. The van der Waals surface area contributed by atoms with E-state index in [1.165, 1.54) is 46.9 Å². The molecule has 6 nitrogen and oxygen atoms in total. The molecule has 0 saturated carbocycles. The number of fused-ring (bicyclic) bond motifs is 1. The zero-order chi connectivity index (χ0) is 36.0. The number of halogens is 6. The molecule has 256 valence electrons. The SMILES string of the molecule is FC(F)(F)c1ccc(-c2cccc(-c3nnc(-c4ccc5ccc(-c6nnc(-c7cccc(-c8ccc(C(F)(F)F)cc8)n7)s6)cc5c4)s3)n2)cc1. The summed E-state index contributed by atoms with van der Waals surface area (Å²) in [5, 5.41) is 21.9. The minimum absolute atomic E-state index is 0.517. The zero-order valence-electron chi connectivity index (χ0n) is 26.3. The fourth-order valence-corrected chi connectivity index (χ4v) is 7.11. The first-order valence-electron chi connectivity index (χ1n) is 15.5. The van der Waals surface area contributed by atoms with E-state index >= 15 is 0 Å². The number of pyridine rings is 2. The van der Waals surface area contributed by atoms with Crippen molar-refractivity contribution in [1.82, 2.24) is 30.4 Å². The van der Waals surface area contributed by atoms with E-state index in [1.807, 2.05) is 36.4 Å². The van der Waals surface area contributed by atoms with E-state index in [9.17, 15) is 26.3 Å². The van der Waals surface area contributed by atoms with Gasteiger partial charge in [-0.3, -0.25) is 0 Å². The van der Waals surface area contributed by atoms with Crippen LogP contribution in [0.5, 0.6) is 0 Å². The van der Waals surface area contributed by atoms with Gasteiger partial charge in [-0.25, -0.2) is 9.97 Å². The molecule has 0 aliphatic heterocycles. The molecule has 0 spiro atoms. The van der Waals surface area contributed by atoms with E-state index in [0.29, 0.717) is 53.9 Å². The van der Waals surface area contributed by atoms with E-state index in [-0.39, 0.29) is 0 Å². The van der Waals surface area contributed by atoms with Crippen molar-refractivity contribution >= 4 is 33.4 Å². The molecule has 4 aromatic heterocycles. The van der Waals surface area contributed by atoms with E-state index in [2.05, 4.69) is 30.4 Å². The van der Waals surface area contributed by atoms with Crippen LogP contribution in [0.3, 0.4) is 0 Å². The average Bonchev–Trinajstić information content (AvgIpc) is 3.86. The van der Waals surface area contributed by atoms with E-state index < -0.39 is 23.5 Å². The molecule has 0 aliphatic carbocycles. The van der Waals surface area contributed by atoms with Crippen molar-refractivity contribution in [1.29, 1.82) is 0 Å². The second kappa shape index (κ2) is 13.0. The van der Waals surface area contributed by atoms with Gasteiger partial charge in [-0.2, -0.15) is 26.3 Å². The van der Waals surface area contributed by atoms with Crippen LogP contribution >= 0.6 is 22.7 Å². The van der Waals surface area contributed by atoms with Crippen LogP contribution in [0.15, 0.2) is 121 Å². The summed E-state index contributed by atoms with van der Waals surface area (Å²) >= 11 is 2.70. The molecule has 4 heterocycles. The van der Waals surface area contributed by atoms with Crippen LogP contribution in [-0.4, -0.2) is 30.4 Å². The standard InChI is InChI=1S/C38H20F6N6S2/c39-37(40,41)27-15-11-22(12-16-27)29-3-1-5-31(45-29)35-49-47-33(51-35)24-9-7-21-8-10-25(20-26(21)19-24)34-48-50-36(52-34)32-6-2-4-30(46-32)23-13-17-28(18-14-23)38(42,43)44/h1-20H. The Labute approximate surface area is 299 Å². The monoisotopic (exact) mass is 738 g/mol. The Morgan fingerprint density at radius 2 is 0.731 bits per heavy atom. The number of rotatable bonds is 6. The minimum Gasteiger partial charge on any atom is -0.245 e. The first kappa shape index (κ1) is 33.3. The molecule has 0 bridgehead atoms. The quantitative estimate of drug-likeness (QED) is 0.158. The van der Waals surface area contributed by atoms with Gasteiger partial charge in [0.25, 0.3) is 0 Å². The summed E-state index contributed by atoms with van der Waals surface area (Å²) < 4.78 is 78.1. The Hall–Kier alpha value is -5.86. The molecule has 8 rings (SSSR count). The van der Waals surface area contributed by atoms with E-state index in [1.54, 1.807) is 36.4 Å². The molecule has 0 N–H and O–H groups in total. The summed E-state index contributed by atoms with van der Waals surface area (Å²) in [5.74, 6) is 0. The number of alkyl halides is 6. The summed E-state index contributed by atoms with van der Waals surface area (Å²) in [6.07, 6.45) is -8.84. The predicted octanol–water partition coefficient (Wildman–Crippen LogP) is 11.4. The molecular formula is C38H20F6N6S2. The molecule has 8 aromatic rings. The van der Waals surface area contributed by atoms with Crippen molar-refractivity contribution in [3.8, 4) is 65.1 Å². The highest BCUT2D eigenvalue weighted by Gasteiger charge is 2.31. The lowest BCUT2D eigenvalue weighted by Crippen LogP contribution is -2.04. The number of benzene rings is 4. The summed E-state index contributed by atoms with van der Waals surface area (Å²) in [6, 6.07) is 32.2. The highest BCUT2D eigenvalue weighted by atomic mass is 32.1. The Bertz CT molecular complexity index is 2390. The Kier molecular flexibility index (Phi) is 8.35. The van der Waals surface area contributed by atoms with Gasteiger partial charge in [0.2, 0.25) is 0 Å². The van der Waals surface area contributed by atoms with Crippen molar-refractivity contribution in [2.75, 3.05) is 0 Å². The van der Waals surface area contributed by atoms with Crippen LogP contribution in [0.4, 0.5) is 26.3 Å². The normalized spacial score (nSPS) is 12.0. The second-order valence-corrected chi connectivity index (χ2v) is 13.5. The Morgan fingerprint density at radius 3 is 1.13 bits per heavy atom. The number of hydrogen-bond acceptors (Lipinski definition) is 8. The first-order valence-corrected chi connectivity index (χ1v) is 17.1. The van der Waals surface area contributed by atoms with Crippen molar-refractivity contribution < 1.29 is 26.3 Å². The van der Waals surface area contributed by atoms with E-state index in [0.717, 1.165) is 46.2 Å². The number of hydrogen-bond donors (Lipinski definition) is 0. The summed E-state index contributed by atoms with van der Waals surface area (Å²) in [6.45, 7) is 0. The van der Waals surface area contributed by atoms with Crippen LogP contribution in [-0.2, 0) is 12.4 Å². The lowest BCUT2D eigenvalue weighted by molar-refractivity contribution is -0.138. The minimum atomic E-state index is -4.42. The van der Waals surface area contributed by atoms with Gasteiger partial charge in [0.15, 0.2) is 10.0 Å². The summed E-state index contributed by atoms with van der Waals surface area (Å²) in [4.78, 5) is 9.27. The number of aromatic nitrogens is 6. The van der Waals surface area contributed by atoms with Gasteiger partial charge in [0.05, 0.1) is 22.5 Å². The van der Waals surface area contributed by atoms with Gasteiger partial charge in [-0.15, -0.1) is 20.4 Å². The maximum atomic E-state index is 13.0. The molecule has 52 heavy (non-hydrogen) atoms. The molecule has 0 saturated heterocycles. The maximum Gasteiger partial charge on any atom is 0.416 e. The average molecular weight is 739 g/mol. The molecule has 0 fully saturated rings. The van der Waals surface area contributed by atoms with Crippen LogP contribution in [0, 0.1) is 0 Å². The number of nitrogens with zero attached hydrogens (tertiary/aromatic N) is 6. The smallest absolute Gasteiger partial charge is 0.245 e. The van der Waals surface area contributed by atoms with Crippen molar-refractivity contribution in [2.24, 2.45) is 0 Å². The van der Waals surface area contributed by atoms with Crippen LogP contribution in [0.1, 0.15) is 11.1 Å². The van der Waals surface area contributed by atoms with Gasteiger partial charge >= 0.3 is 12.4 Å². The third-order valence-electron chi connectivity index (χ3n) is 8.14. The highest BCUT2D eigenvalue weighted by Crippen LogP contribution is 2.36. The van der Waals surface area contributed by atoms with Gasteiger partial charge in [-0.1, -0.05) is 83.3 Å². The maximum absolute atomic E-state index is 13.0. The first-order chi connectivity index (χ1) is 25.0.